The predicted molar refractivity (Wildman–Crippen MR) is 104 cm³/mol. The molecule has 2 nitrogen and oxygen atoms in total. The first-order valence-corrected chi connectivity index (χ1v) is 8.45. The summed E-state index contributed by atoms with van der Waals surface area (Å²) in [5, 5.41) is 0. The third kappa shape index (κ3) is 3.93. The molecule has 4 aromatic carbocycles. The minimum atomic E-state index is 0.693. The van der Waals surface area contributed by atoms with Crippen LogP contribution in [0.4, 0.5) is 0 Å². The Morgan fingerprint density at radius 1 is 0.500 bits per heavy atom. The summed E-state index contributed by atoms with van der Waals surface area (Å²) in [4.78, 5) is 0. The molecule has 4 rings (SSSR count). The first-order valence-electron chi connectivity index (χ1n) is 8.45. The lowest BCUT2D eigenvalue weighted by molar-refractivity contribution is 0.482. The van der Waals surface area contributed by atoms with E-state index < -0.39 is 0 Å². The van der Waals surface area contributed by atoms with Crippen molar-refractivity contribution in [2.24, 2.45) is 0 Å². The van der Waals surface area contributed by atoms with E-state index in [-0.39, 0.29) is 0 Å². The molecular formula is C24H17O2. The molecule has 125 valence electrons. The zero-order valence-electron chi connectivity index (χ0n) is 14.1. The molecular weight excluding hydrogens is 320 g/mol. The van der Waals surface area contributed by atoms with E-state index in [4.69, 9.17) is 9.47 Å². The van der Waals surface area contributed by atoms with E-state index in [1.54, 1.807) is 0 Å². The molecule has 0 bridgehead atoms. The average molecular weight is 337 g/mol. The van der Waals surface area contributed by atoms with Crippen LogP contribution in [0.2, 0.25) is 0 Å². The molecule has 0 saturated carbocycles. The molecule has 26 heavy (non-hydrogen) atoms. The number of rotatable bonds is 5. The van der Waals surface area contributed by atoms with Gasteiger partial charge in [0.2, 0.25) is 0 Å². The van der Waals surface area contributed by atoms with Crippen LogP contribution in [0.3, 0.4) is 0 Å². The second kappa shape index (κ2) is 7.58. The van der Waals surface area contributed by atoms with Crippen LogP contribution in [0.1, 0.15) is 0 Å². The molecule has 0 amide bonds. The second-order valence-corrected chi connectivity index (χ2v) is 5.80. The Hall–Kier alpha value is -3.52. The van der Waals surface area contributed by atoms with E-state index in [0.717, 1.165) is 28.4 Å². The van der Waals surface area contributed by atoms with Gasteiger partial charge in [-0.2, -0.15) is 0 Å². The third-order valence-corrected chi connectivity index (χ3v) is 3.91. The fraction of sp³-hybridized carbons (Fsp3) is 0. The van der Waals surface area contributed by atoms with Crippen molar-refractivity contribution in [3.63, 3.8) is 0 Å². The van der Waals surface area contributed by atoms with Gasteiger partial charge in [-0.15, -0.1) is 0 Å². The van der Waals surface area contributed by atoms with Crippen LogP contribution in [0.15, 0.2) is 103 Å². The van der Waals surface area contributed by atoms with Crippen molar-refractivity contribution in [1.82, 2.24) is 0 Å². The number of benzene rings is 4. The van der Waals surface area contributed by atoms with Gasteiger partial charge in [0.15, 0.2) is 0 Å². The molecule has 0 N–H and O–H groups in total. The lowest BCUT2D eigenvalue weighted by atomic mass is 10.1. The van der Waals surface area contributed by atoms with Gasteiger partial charge < -0.3 is 9.47 Å². The van der Waals surface area contributed by atoms with Gasteiger partial charge in [0.1, 0.15) is 23.0 Å². The molecule has 0 spiro atoms. The normalized spacial score (nSPS) is 10.3. The molecule has 1 radical (unpaired) electrons. The highest BCUT2D eigenvalue weighted by Gasteiger charge is 2.03. The Morgan fingerprint density at radius 2 is 1.08 bits per heavy atom. The molecule has 0 aliphatic rings. The minimum absolute atomic E-state index is 0.693. The van der Waals surface area contributed by atoms with Crippen LogP contribution in [-0.2, 0) is 0 Å². The third-order valence-electron chi connectivity index (χ3n) is 3.91. The maximum Gasteiger partial charge on any atom is 0.136 e. The van der Waals surface area contributed by atoms with Crippen LogP contribution in [0.25, 0.3) is 11.1 Å². The first kappa shape index (κ1) is 16.0. The molecule has 2 heteroatoms. The molecule has 4 aromatic rings. The van der Waals surface area contributed by atoms with Gasteiger partial charge in [-0.1, -0.05) is 54.6 Å². The van der Waals surface area contributed by atoms with Crippen LogP contribution in [-0.4, -0.2) is 0 Å². The van der Waals surface area contributed by atoms with Gasteiger partial charge in [0.05, 0.1) is 0 Å². The zero-order chi connectivity index (χ0) is 17.6. The molecule has 0 unspecified atom stereocenters. The van der Waals surface area contributed by atoms with Crippen molar-refractivity contribution in [3.8, 4) is 34.1 Å². The molecule has 0 aliphatic heterocycles. The van der Waals surface area contributed by atoms with Crippen LogP contribution in [0.5, 0.6) is 23.0 Å². The first-order chi connectivity index (χ1) is 12.9. The minimum Gasteiger partial charge on any atom is -0.457 e. The zero-order valence-corrected chi connectivity index (χ0v) is 14.1. The molecule has 0 aliphatic carbocycles. The summed E-state index contributed by atoms with van der Waals surface area (Å²) in [7, 11) is 0. The Bertz CT molecular complexity index is 962. The second-order valence-electron chi connectivity index (χ2n) is 5.80. The van der Waals surface area contributed by atoms with Crippen molar-refractivity contribution in [2.75, 3.05) is 0 Å². The summed E-state index contributed by atoms with van der Waals surface area (Å²) in [6, 6.07) is 36.5. The lowest BCUT2D eigenvalue weighted by Gasteiger charge is -2.09. The fourth-order valence-corrected chi connectivity index (χ4v) is 2.64. The van der Waals surface area contributed by atoms with E-state index in [1.165, 1.54) is 0 Å². The van der Waals surface area contributed by atoms with Gasteiger partial charge in [-0.05, 0) is 59.7 Å². The Balaban J connectivity index is 1.51. The topological polar surface area (TPSA) is 18.5 Å². The summed E-state index contributed by atoms with van der Waals surface area (Å²) in [5.74, 6) is 3.13. The van der Waals surface area contributed by atoms with Crippen molar-refractivity contribution in [2.45, 2.75) is 0 Å². The molecule has 0 aromatic heterocycles. The average Bonchev–Trinajstić information content (AvgIpc) is 2.70. The highest BCUT2D eigenvalue weighted by atomic mass is 16.5. The van der Waals surface area contributed by atoms with E-state index in [2.05, 4.69) is 6.07 Å². The largest absolute Gasteiger partial charge is 0.457 e. The number of ether oxygens (including phenoxy) is 2. The summed E-state index contributed by atoms with van der Waals surface area (Å²) in [6.45, 7) is 0. The monoisotopic (exact) mass is 337 g/mol. The van der Waals surface area contributed by atoms with E-state index in [9.17, 15) is 0 Å². The van der Waals surface area contributed by atoms with Crippen LogP contribution < -0.4 is 9.47 Å². The highest BCUT2D eigenvalue weighted by molar-refractivity contribution is 5.65. The van der Waals surface area contributed by atoms with Gasteiger partial charge in [0.25, 0.3) is 0 Å². The van der Waals surface area contributed by atoms with E-state index in [1.807, 2.05) is 103 Å². The van der Waals surface area contributed by atoms with Crippen molar-refractivity contribution in [3.05, 3.63) is 109 Å². The maximum atomic E-state index is 5.86. The van der Waals surface area contributed by atoms with E-state index >= 15 is 0 Å². The molecule has 0 fully saturated rings. The summed E-state index contributed by atoms with van der Waals surface area (Å²) < 4.78 is 11.7. The number of hydrogen-bond donors (Lipinski definition) is 0. The Morgan fingerprint density at radius 3 is 1.73 bits per heavy atom. The van der Waals surface area contributed by atoms with Crippen LogP contribution >= 0.6 is 0 Å². The number of hydrogen-bond acceptors (Lipinski definition) is 2. The van der Waals surface area contributed by atoms with Gasteiger partial charge >= 0.3 is 0 Å². The van der Waals surface area contributed by atoms with Crippen molar-refractivity contribution < 1.29 is 9.47 Å². The van der Waals surface area contributed by atoms with Crippen molar-refractivity contribution >= 4 is 0 Å². The summed E-state index contributed by atoms with van der Waals surface area (Å²) in [5.41, 5.74) is 2.17. The van der Waals surface area contributed by atoms with Crippen LogP contribution in [0, 0.1) is 6.07 Å². The summed E-state index contributed by atoms with van der Waals surface area (Å²) >= 11 is 0. The fourth-order valence-electron chi connectivity index (χ4n) is 2.64. The quantitative estimate of drug-likeness (QED) is 0.401. The van der Waals surface area contributed by atoms with Gasteiger partial charge in [-0.25, -0.2) is 0 Å². The molecule has 0 saturated heterocycles. The highest BCUT2D eigenvalue weighted by Crippen LogP contribution is 2.29. The van der Waals surface area contributed by atoms with Gasteiger partial charge in [-0.3, -0.25) is 0 Å². The SMILES string of the molecule is [c]1ccc(-c2ccc(Oc3ccccc3)cc2)cc1Oc1ccccc1. The lowest BCUT2D eigenvalue weighted by Crippen LogP contribution is -1.86. The van der Waals surface area contributed by atoms with Crippen molar-refractivity contribution in [1.29, 1.82) is 0 Å². The number of para-hydroxylation sites is 2. The Kier molecular flexibility index (Phi) is 4.66. The maximum absolute atomic E-state index is 5.86. The predicted octanol–water partition coefficient (Wildman–Crippen LogP) is 6.74. The van der Waals surface area contributed by atoms with Gasteiger partial charge in [0, 0.05) is 6.07 Å². The smallest absolute Gasteiger partial charge is 0.136 e. The Labute approximate surface area is 153 Å². The molecule has 0 atom stereocenters. The standard InChI is InChI=1S/C24H17O2/c1-3-9-21(10-4-1)25-23-16-14-19(15-17-23)20-8-7-13-24(18-20)26-22-11-5-2-6-12-22/h1-12,14-18H. The van der Waals surface area contributed by atoms with E-state index in [0.29, 0.717) is 5.75 Å². The summed E-state index contributed by atoms with van der Waals surface area (Å²) in [6.07, 6.45) is 0. The molecule has 0 heterocycles.